The van der Waals surface area contributed by atoms with Crippen LogP contribution in [0.25, 0.3) is 11.5 Å². The molecule has 4 nitrogen and oxygen atoms in total. The molecule has 1 aromatic carbocycles. The number of fused-ring (bicyclic) bond motifs is 3. The summed E-state index contributed by atoms with van der Waals surface area (Å²) in [4.78, 5) is 0. The van der Waals surface area contributed by atoms with Gasteiger partial charge in [0, 0.05) is 11.0 Å². The molecule has 0 atom stereocenters. The van der Waals surface area contributed by atoms with Crippen LogP contribution in [0.2, 0.25) is 0 Å². The van der Waals surface area contributed by atoms with Crippen molar-refractivity contribution in [3.8, 4) is 17.2 Å². The van der Waals surface area contributed by atoms with E-state index in [-0.39, 0.29) is 5.41 Å². The topological polar surface area (TPSA) is 48.2 Å². The summed E-state index contributed by atoms with van der Waals surface area (Å²) in [7, 11) is 1.68. The molecule has 5 rings (SSSR count). The zero-order valence-electron chi connectivity index (χ0n) is 15.6. The van der Waals surface area contributed by atoms with Gasteiger partial charge in [-0.3, -0.25) is 0 Å². The van der Waals surface area contributed by atoms with Crippen LogP contribution in [-0.2, 0) is 5.41 Å². The van der Waals surface area contributed by atoms with Crippen LogP contribution in [0.5, 0.6) is 5.75 Å². The molecule has 3 fully saturated rings. The Morgan fingerprint density at radius 3 is 2.40 bits per heavy atom. The minimum absolute atomic E-state index is 0.126. The molecular formula is C21H28N2O2. The highest BCUT2D eigenvalue weighted by atomic mass is 16.5. The van der Waals surface area contributed by atoms with Crippen LogP contribution >= 0.6 is 0 Å². The van der Waals surface area contributed by atoms with Gasteiger partial charge in [-0.15, -0.1) is 10.2 Å². The van der Waals surface area contributed by atoms with Crippen molar-refractivity contribution >= 4 is 0 Å². The first-order valence-corrected chi connectivity index (χ1v) is 9.59. The van der Waals surface area contributed by atoms with Crippen LogP contribution in [0.3, 0.4) is 0 Å². The van der Waals surface area contributed by atoms with E-state index >= 15 is 0 Å². The number of ether oxygens (including phenoxy) is 1. The molecule has 0 aliphatic heterocycles. The molecule has 3 aliphatic rings. The first kappa shape index (κ1) is 16.6. The van der Waals surface area contributed by atoms with Crippen LogP contribution in [0, 0.1) is 12.3 Å². The Morgan fingerprint density at radius 2 is 1.80 bits per heavy atom. The van der Waals surface area contributed by atoms with Crippen molar-refractivity contribution in [1.82, 2.24) is 10.2 Å². The third-order valence-corrected chi connectivity index (χ3v) is 6.72. The van der Waals surface area contributed by atoms with Crippen molar-refractivity contribution in [3.05, 3.63) is 29.7 Å². The third kappa shape index (κ3) is 2.76. The molecule has 1 heterocycles. The predicted octanol–water partition coefficient (Wildman–Crippen LogP) is 5.45. The lowest BCUT2D eigenvalue weighted by atomic mass is 9.52. The summed E-state index contributed by atoms with van der Waals surface area (Å²) in [5.41, 5.74) is 2.83. The fourth-order valence-corrected chi connectivity index (χ4v) is 5.04. The number of benzene rings is 1. The zero-order valence-corrected chi connectivity index (χ0v) is 15.6. The summed E-state index contributed by atoms with van der Waals surface area (Å²) in [6.45, 7) is 4.37. The maximum Gasteiger partial charge on any atom is 0.248 e. The Balaban J connectivity index is 1.58. The summed E-state index contributed by atoms with van der Waals surface area (Å²) in [6, 6.07) is 5.97. The van der Waals surface area contributed by atoms with E-state index in [0.717, 1.165) is 22.8 Å². The van der Waals surface area contributed by atoms with Crippen molar-refractivity contribution < 1.29 is 9.15 Å². The summed E-state index contributed by atoms with van der Waals surface area (Å²) in [5.74, 6) is 2.36. The van der Waals surface area contributed by atoms with Crippen molar-refractivity contribution in [2.75, 3.05) is 7.11 Å². The fourth-order valence-electron chi connectivity index (χ4n) is 5.04. The number of hydrogen-bond acceptors (Lipinski definition) is 4. The lowest BCUT2D eigenvalue weighted by molar-refractivity contribution is 0.0191. The Bertz CT molecular complexity index is 740. The molecular weight excluding hydrogens is 312 g/mol. The van der Waals surface area contributed by atoms with E-state index in [1.807, 2.05) is 18.2 Å². The first-order chi connectivity index (χ1) is 12.1. The number of hydrogen-bond donors (Lipinski definition) is 0. The largest absolute Gasteiger partial charge is 0.497 e. The van der Waals surface area contributed by atoms with Crippen molar-refractivity contribution in [1.29, 1.82) is 0 Å². The second kappa shape index (κ2) is 6.15. The second-order valence-corrected chi connectivity index (χ2v) is 8.12. The minimum Gasteiger partial charge on any atom is -0.497 e. The zero-order chi connectivity index (χ0) is 17.5. The van der Waals surface area contributed by atoms with Gasteiger partial charge >= 0.3 is 0 Å². The predicted molar refractivity (Wildman–Crippen MR) is 97.7 cm³/mol. The molecule has 25 heavy (non-hydrogen) atoms. The van der Waals surface area contributed by atoms with Crippen molar-refractivity contribution in [2.45, 2.75) is 70.6 Å². The van der Waals surface area contributed by atoms with Gasteiger partial charge in [-0.25, -0.2) is 0 Å². The quantitative estimate of drug-likeness (QED) is 0.726. The molecule has 0 N–H and O–H groups in total. The van der Waals surface area contributed by atoms with E-state index in [4.69, 9.17) is 9.15 Å². The molecule has 0 saturated heterocycles. The molecule has 2 bridgehead atoms. The number of rotatable bonds is 5. The summed E-state index contributed by atoms with van der Waals surface area (Å²) >= 11 is 0. The first-order valence-electron chi connectivity index (χ1n) is 9.59. The summed E-state index contributed by atoms with van der Waals surface area (Å²) in [6.07, 6.45) is 10.3. The maximum absolute atomic E-state index is 6.21. The van der Waals surface area contributed by atoms with Gasteiger partial charge in [0.15, 0.2) is 0 Å². The van der Waals surface area contributed by atoms with E-state index in [2.05, 4.69) is 24.0 Å². The van der Waals surface area contributed by atoms with E-state index in [1.165, 1.54) is 51.4 Å². The molecule has 1 aromatic heterocycles. The van der Waals surface area contributed by atoms with Gasteiger partial charge in [0.2, 0.25) is 11.8 Å². The van der Waals surface area contributed by atoms with E-state index < -0.39 is 0 Å². The Hall–Kier alpha value is -1.84. The van der Waals surface area contributed by atoms with Gasteiger partial charge in [-0.2, -0.15) is 0 Å². The second-order valence-electron chi connectivity index (χ2n) is 8.12. The summed E-state index contributed by atoms with van der Waals surface area (Å²) in [5, 5.41) is 8.87. The number of methoxy groups -OCH3 is 1. The van der Waals surface area contributed by atoms with Crippen molar-refractivity contribution in [3.63, 3.8) is 0 Å². The lowest BCUT2D eigenvalue weighted by Gasteiger charge is -2.52. The Morgan fingerprint density at radius 1 is 1.08 bits per heavy atom. The van der Waals surface area contributed by atoms with Gasteiger partial charge in [0.05, 0.1) is 7.11 Å². The number of nitrogens with zero attached hydrogens (tertiary/aromatic N) is 2. The maximum atomic E-state index is 6.21. The standard InChI is InChI=1S/C21H28N2O2/c1-4-7-20-8-11-21(12-9-20,13-10-20)19-23-22-18(25-19)17-6-5-16(24-3)14-15(17)2/h5-6,14H,4,7-13H2,1-3H3. The van der Waals surface area contributed by atoms with Gasteiger partial charge in [-0.1, -0.05) is 13.3 Å². The average molecular weight is 340 g/mol. The SMILES string of the molecule is CCCC12CCC(c3nnc(-c4ccc(OC)cc4C)o3)(CC1)CC2. The van der Waals surface area contributed by atoms with Gasteiger partial charge < -0.3 is 9.15 Å². The van der Waals surface area contributed by atoms with Gasteiger partial charge in [-0.05, 0) is 81.0 Å². The number of aromatic nitrogens is 2. The molecule has 0 spiro atoms. The smallest absolute Gasteiger partial charge is 0.248 e. The normalized spacial score (nSPS) is 28.3. The van der Waals surface area contributed by atoms with Crippen molar-refractivity contribution in [2.24, 2.45) is 5.41 Å². The number of aryl methyl sites for hydroxylation is 1. The molecule has 134 valence electrons. The molecule has 3 aliphatic carbocycles. The van der Waals surface area contributed by atoms with E-state index in [9.17, 15) is 0 Å². The molecule has 0 amide bonds. The van der Waals surface area contributed by atoms with E-state index in [1.54, 1.807) is 7.11 Å². The average Bonchev–Trinajstić information content (AvgIpc) is 3.14. The van der Waals surface area contributed by atoms with Crippen LogP contribution in [0.15, 0.2) is 22.6 Å². The fraction of sp³-hybridized carbons (Fsp3) is 0.619. The molecule has 3 saturated carbocycles. The van der Waals surface area contributed by atoms with Gasteiger partial charge in [0.25, 0.3) is 0 Å². The summed E-state index contributed by atoms with van der Waals surface area (Å²) < 4.78 is 11.5. The van der Waals surface area contributed by atoms with Crippen LogP contribution < -0.4 is 4.74 Å². The minimum atomic E-state index is 0.126. The van der Waals surface area contributed by atoms with Gasteiger partial charge in [0.1, 0.15) is 5.75 Å². The monoisotopic (exact) mass is 340 g/mol. The van der Waals surface area contributed by atoms with Crippen LogP contribution in [-0.4, -0.2) is 17.3 Å². The molecule has 0 unspecified atom stereocenters. The third-order valence-electron chi connectivity index (χ3n) is 6.72. The van der Waals surface area contributed by atoms with Crippen LogP contribution in [0.4, 0.5) is 0 Å². The molecule has 4 heteroatoms. The molecule has 0 radical (unpaired) electrons. The highest BCUT2D eigenvalue weighted by molar-refractivity contribution is 5.59. The molecule has 2 aromatic rings. The Labute approximate surface area is 150 Å². The highest BCUT2D eigenvalue weighted by Crippen LogP contribution is 2.59. The Kier molecular flexibility index (Phi) is 4.09. The van der Waals surface area contributed by atoms with Crippen LogP contribution in [0.1, 0.15) is 69.7 Å². The van der Waals surface area contributed by atoms with E-state index in [0.29, 0.717) is 11.3 Å². The lowest BCUT2D eigenvalue weighted by Crippen LogP contribution is -2.44. The highest BCUT2D eigenvalue weighted by Gasteiger charge is 2.51.